The maximum absolute atomic E-state index is 10.7. The fourth-order valence-electron chi connectivity index (χ4n) is 1.82. The largest absolute Gasteiger partial charge is 0.508 e. The van der Waals surface area contributed by atoms with E-state index in [2.05, 4.69) is 13.8 Å². The maximum atomic E-state index is 10.7. The molecule has 0 aromatic rings. The lowest BCUT2D eigenvalue weighted by Gasteiger charge is -2.23. The van der Waals surface area contributed by atoms with Crippen LogP contribution in [0.15, 0.2) is 0 Å². The van der Waals surface area contributed by atoms with Gasteiger partial charge in [0.05, 0.1) is 6.61 Å². The van der Waals surface area contributed by atoms with E-state index in [-0.39, 0.29) is 5.92 Å². The van der Waals surface area contributed by atoms with E-state index in [0.29, 0.717) is 6.61 Å². The van der Waals surface area contributed by atoms with Crippen molar-refractivity contribution in [2.75, 3.05) is 6.61 Å². The van der Waals surface area contributed by atoms with E-state index >= 15 is 0 Å². The van der Waals surface area contributed by atoms with Crippen LogP contribution in [0.5, 0.6) is 0 Å². The molecular weight excluding hydrogens is 248 g/mol. The van der Waals surface area contributed by atoms with E-state index in [1.54, 1.807) is 0 Å². The van der Waals surface area contributed by atoms with Crippen LogP contribution in [0.2, 0.25) is 0 Å². The van der Waals surface area contributed by atoms with Crippen LogP contribution in [0.4, 0.5) is 4.79 Å². The molecule has 2 atom stereocenters. The summed E-state index contributed by atoms with van der Waals surface area (Å²) in [5, 5.41) is 8.74. The second-order valence-electron chi connectivity index (χ2n) is 4.69. The highest BCUT2D eigenvalue weighted by molar-refractivity contribution is 5.56. The summed E-state index contributed by atoms with van der Waals surface area (Å²) in [5.41, 5.74) is 0. The Morgan fingerprint density at radius 2 is 1.79 bits per heavy atom. The van der Waals surface area contributed by atoms with Crippen molar-refractivity contribution in [3.8, 4) is 0 Å². The quantitative estimate of drug-likeness (QED) is 0.188. The summed E-state index contributed by atoms with van der Waals surface area (Å²) in [7, 11) is 0. The number of hydrogen-bond acceptors (Lipinski definition) is 4. The first-order valence-corrected chi connectivity index (χ1v) is 7.33. The molecule has 0 aromatic carbocycles. The summed E-state index contributed by atoms with van der Waals surface area (Å²) >= 11 is 0. The fraction of sp³-hybridized carbons (Fsp3) is 0.929. The number of carboxylic acid groups (broad SMARTS) is 1. The Balaban J connectivity index is 4.14. The van der Waals surface area contributed by atoms with Crippen molar-refractivity contribution < 1.29 is 24.4 Å². The van der Waals surface area contributed by atoms with Crippen molar-refractivity contribution in [1.82, 2.24) is 0 Å². The Hall–Kier alpha value is -0.810. The average molecular weight is 276 g/mol. The summed E-state index contributed by atoms with van der Waals surface area (Å²) in [6, 6.07) is 0. The van der Waals surface area contributed by atoms with Gasteiger partial charge in [0.1, 0.15) is 0 Å². The molecule has 0 saturated heterocycles. The van der Waals surface area contributed by atoms with Crippen LogP contribution in [0.1, 0.15) is 65.7 Å². The highest BCUT2D eigenvalue weighted by Crippen LogP contribution is 2.21. The summed E-state index contributed by atoms with van der Waals surface area (Å²) in [5.74, 6) is 0.0437. The Morgan fingerprint density at radius 3 is 2.32 bits per heavy atom. The maximum Gasteiger partial charge on any atom is 0.508 e. The van der Waals surface area contributed by atoms with E-state index in [4.69, 9.17) is 19.6 Å². The third-order valence-electron chi connectivity index (χ3n) is 3.05. The van der Waals surface area contributed by atoms with E-state index in [1.807, 2.05) is 6.92 Å². The monoisotopic (exact) mass is 276 g/mol. The van der Waals surface area contributed by atoms with Gasteiger partial charge in [-0.2, -0.15) is 4.89 Å². The van der Waals surface area contributed by atoms with Gasteiger partial charge in [0.15, 0.2) is 0 Å². The summed E-state index contributed by atoms with van der Waals surface area (Å²) in [4.78, 5) is 20.9. The third-order valence-corrected chi connectivity index (χ3v) is 3.05. The zero-order chi connectivity index (χ0) is 14.5. The van der Waals surface area contributed by atoms with Crippen LogP contribution in [-0.4, -0.2) is 24.2 Å². The minimum atomic E-state index is -1.32. The molecule has 0 rings (SSSR count). The van der Waals surface area contributed by atoms with Crippen LogP contribution < -0.4 is 0 Å². The smallest absolute Gasteiger partial charge is 0.450 e. The molecule has 0 spiro atoms. The predicted octanol–water partition coefficient (Wildman–Crippen LogP) is 4.36. The second-order valence-corrected chi connectivity index (χ2v) is 4.69. The topological polar surface area (TPSA) is 65.0 Å². The summed E-state index contributed by atoms with van der Waals surface area (Å²) < 4.78 is 4.78. The van der Waals surface area contributed by atoms with Gasteiger partial charge in [-0.05, 0) is 19.3 Å². The van der Waals surface area contributed by atoms with Crippen LogP contribution in [-0.2, 0) is 14.5 Å². The zero-order valence-corrected chi connectivity index (χ0v) is 12.4. The SMILES string of the molecule is CCCCCOOC(OC(=O)O)C(CC)CCCC. The van der Waals surface area contributed by atoms with Crippen molar-refractivity contribution >= 4 is 6.16 Å². The lowest BCUT2D eigenvalue weighted by atomic mass is 9.99. The molecule has 0 fully saturated rings. The van der Waals surface area contributed by atoms with Gasteiger partial charge in [-0.25, -0.2) is 9.68 Å². The molecule has 0 radical (unpaired) electrons. The Kier molecular flexibility index (Phi) is 11.7. The van der Waals surface area contributed by atoms with E-state index in [9.17, 15) is 4.79 Å². The number of ether oxygens (including phenoxy) is 1. The van der Waals surface area contributed by atoms with Gasteiger partial charge in [0.25, 0.3) is 0 Å². The minimum absolute atomic E-state index is 0.0437. The Morgan fingerprint density at radius 1 is 1.11 bits per heavy atom. The molecule has 1 N–H and O–H groups in total. The Bertz CT molecular complexity index is 220. The molecule has 0 aliphatic heterocycles. The molecule has 0 aliphatic rings. The van der Waals surface area contributed by atoms with E-state index < -0.39 is 12.4 Å². The third kappa shape index (κ3) is 9.73. The first kappa shape index (κ1) is 18.2. The lowest BCUT2D eigenvalue weighted by Crippen LogP contribution is -2.29. The van der Waals surface area contributed by atoms with Gasteiger partial charge in [-0.1, -0.05) is 46.5 Å². The van der Waals surface area contributed by atoms with Gasteiger partial charge in [-0.3, -0.25) is 0 Å². The van der Waals surface area contributed by atoms with Gasteiger partial charge in [0.2, 0.25) is 6.29 Å². The van der Waals surface area contributed by atoms with Crippen molar-refractivity contribution in [2.24, 2.45) is 5.92 Å². The first-order chi connectivity index (χ1) is 9.15. The number of carbonyl (C=O) groups is 1. The van der Waals surface area contributed by atoms with Gasteiger partial charge >= 0.3 is 6.16 Å². The summed E-state index contributed by atoms with van der Waals surface area (Å²) in [6.07, 6.45) is 4.70. The van der Waals surface area contributed by atoms with Crippen LogP contribution >= 0.6 is 0 Å². The van der Waals surface area contributed by atoms with Gasteiger partial charge < -0.3 is 9.84 Å². The van der Waals surface area contributed by atoms with Crippen LogP contribution in [0, 0.1) is 5.92 Å². The van der Waals surface area contributed by atoms with Crippen molar-refractivity contribution in [1.29, 1.82) is 0 Å². The van der Waals surface area contributed by atoms with Crippen LogP contribution in [0.3, 0.4) is 0 Å². The summed E-state index contributed by atoms with van der Waals surface area (Å²) in [6.45, 7) is 6.67. The van der Waals surface area contributed by atoms with Crippen molar-refractivity contribution in [3.05, 3.63) is 0 Å². The van der Waals surface area contributed by atoms with Gasteiger partial charge in [-0.15, -0.1) is 0 Å². The number of rotatable bonds is 12. The molecule has 5 heteroatoms. The normalized spacial score (nSPS) is 14.1. The van der Waals surface area contributed by atoms with E-state index in [0.717, 1.165) is 44.9 Å². The fourth-order valence-corrected chi connectivity index (χ4v) is 1.82. The molecule has 114 valence electrons. The molecule has 5 nitrogen and oxygen atoms in total. The molecular formula is C14H28O5. The predicted molar refractivity (Wildman–Crippen MR) is 72.8 cm³/mol. The number of hydrogen-bond donors (Lipinski definition) is 1. The molecule has 0 amide bonds. The molecule has 2 unspecified atom stereocenters. The molecule has 0 bridgehead atoms. The second kappa shape index (κ2) is 12.2. The molecule has 0 heterocycles. The molecule has 19 heavy (non-hydrogen) atoms. The lowest BCUT2D eigenvalue weighted by molar-refractivity contribution is -0.381. The molecule has 0 saturated carbocycles. The Labute approximate surface area is 116 Å². The van der Waals surface area contributed by atoms with Gasteiger partial charge in [0, 0.05) is 5.92 Å². The minimum Gasteiger partial charge on any atom is -0.450 e. The zero-order valence-electron chi connectivity index (χ0n) is 12.4. The average Bonchev–Trinajstić information content (AvgIpc) is 2.38. The standard InChI is InChI=1S/C14H28O5/c1-4-7-9-11-17-19-13(18-14(15)16)12(6-3)10-8-5-2/h12-13H,4-11H2,1-3H3,(H,15,16). The first-order valence-electron chi connectivity index (χ1n) is 7.33. The highest BCUT2D eigenvalue weighted by atomic mass is 17.2. The van der Waals surface area contributed by atoms with Crippen LogP contribution in [0.25, 0.3) is 0 Å². The molecule has 0 aromatic heterocycles. The van der Waals surface area contributed by atoms with Crippen molar-refractivity contribution in [2.45, 2.75) is 72.0 Å². The van der Waals surface area contributed by atoms with Crippen molar-refractivity contribution in [3.63, 3.8) is 0 Å². The number of unbranched alkanes of at least 4 members (excludes halogenated alkanes) is 3. The van der Waals surface area contributed by atoms with E-state index in [1.165, 1.54) is 0 Å². The highest BCUT2D eigenvalue weighted by Gasteiger charge is 2.25. The molecule has 0 aliphatic carbocycles.